The van der Waals surface area contributed by atoms with Crippen molar-refractivity contribution in [1.29, 1.82) is 0 Å². The maximum absolute atomic E-state index is 13.1. The summed E-state index contributed by atoms with van der Waals surface area (Å²) in [6.45, 7) is 3.62. The Morgan fingerprint density at radius 2 is 2.00 bits per heavy atom. The van der Waals surface area contributed by atoms with E-state index in [1.807, 2.05) is 0 Å². The van der Waals surface area contributed by atoms with Crippen LogP contribution >= 0.6 is 0 Å². The van der Waals surface area contributed by atoms with Gasteiger partial charge in [-0.2, -0.15) is 5.10 Å². The van der Waals surface area contributed by atoms with Crippen LogP contribution in [0.15, 0.2) is 43.1 Å². The molecule has 1 atom stereocenters. The highest BCUT2D eigenvalue weighted by Crippen LogP contribution is 2.31. The molecule has 0 saturated carbocycles. The molecule has 3 rings (SSSR count). The minimum Gasteiger partial charge on any atom is -0.469 e. The third kappa shape index (κ3) is 3.59. The molecule has 8 nitrogen and oxygen atoms in total. The lowest BCUT2D eigenvalue weighted by Gasteiger charge is -2.31. The zero-order valence-electron chi connectivity index (χ0n) is 15.1. The summed E-state index contributed by atoms with van der Waals surface area (Å²) in [6, 6.07) is 6.53. The van der Waals surface area contributed by atoms with Crippen LogP contribution < -0.4 is 10.2 Å². The predicted molar refractivity (Wildman–Crippen MR) is 99.4 cm³/mol. The van der Waals surface area contributed by atoms with E-state index < -0.39 is 5.92 Å². The molecule has 27 heavy (non-hydrogen) atoms. The van der Waals surface area contributed by atoms with Gasteiger partial charge in [0.2, 0.25) is 5.91 Å². The third-order valence-corrected chi connectivity index (χ3v) is 4.54. The standard InChI is InChI=1S/C19H20N4O4/c1-4-17(24)21-14-7-5-12(6-8-14)18(25)23-11-13(19(26)27-3)9-15-16(23)10-20-22(15)2/h4-8,10,13H,1,9,11H2,2-3H3,(H,21,24). The Bertz CT molecular complexity index is 901. The Kier molecular flexibility index (Phi) is 5.07. The molecule has 0 aliphatic carbocycles. The number of hydrogen-bond donors (Lipinski definition) is 1. The Morgan fingerprint density at radius 1 is 1.30 bits per heavy atom. The highest BCUT2D eigenvalue weighted by atomic mass is 16.5. The molecule has 8 heteroatoms. The van der Waals surface area contributed by atoms with Crippen molar-refractivity contribution >= 4 is 29.2 Å². The first-order valence-corrected chi connectivity index (χ1v) is 8.38. The molecule has 140 valence electrons. The van der Waals surface area contributed by atoms with Crippen LogP contribution in [0, 0.1) is 5.92 Å². The van der Waals surface area contributed by atoms with Gasteiger partial charge in [0.05, 0.1) is 30.6 Å². The lowest BCUT2D eigenvalue weighted by molar-refractivity contribution is -0.145. The van der Waals surface area contributed by atoms with Crippen molar-refractivity contribution in [3.63, 3.8) is 0 Å². The first-order chi connectivity index (χ1) is 12.9. The van der Waals surface area contributed by atoms with Gasteiger partial charge in [0.15, 0.2) is 0 Å². The van der Waals surface area contributed by atoms with Crippen LogP contribution in [0.25, 0.3) is 0 Å². The van der Waals surface area contributed by atoms with Gasteiger partial charge in [0.1, 0.15) is 0 Å². The fraction of sp³-hybridized carbons (Fsp3) is 0.263. The monoisotopic (exact) mass is 368 g/mol. The number of rotatable bonds is 4. The predicted octanol–water partition coefficient (Wildman–Crippen LogP) is 1.54. The Morgan fingerprint density at radius 3 is 2.63 bits per heavy atom. The number of ether oxygens (including phenoxy) is 1. The molecule has 1 N–H and O–H groups in total. The summed E-state index contributed by atoms with van der Waals surface area (Å²) in [7, 11) is 3.11. The van der Waals surface area contributed by atoms with Gasteiger partial charge in [-0.05, 0) is 30.3 Å². The van der Waals surface area contributed by atoms with E-state index in [1.165, 1.54) is 13.2 Å². The van der Waals surface area contributed by atoms with Crippen LogP contribution in [0.3, 0.4) is 0 Å². The quantitative estimate of drug-likeness (QED) is 0.653. The summed E-state index contributed by atoms with van der Waals surface area (Å²) in [4.78, 5) is 38.0. The van der Waals surface area contributed by atoms with Crippen LogP contribution in [-0.4, -0.2) is 41.2 Å². The highest BCUT2D eigenvalue weighted by molar-refractivity contribution is 6.07. The van der Waals surface area contributed by atoms with Crippen molar-refractivity contribution < 1.29 is 19.1 Å². The first-order valence-electron chi connectivity index (χ1n) is 8.38. The zero-order valence-corrected chi connectivity index (χ0v) is 15.1. The second-order valence-corrected chi connectivity index (χ2v) is 6.21. The fourth-order valence-corrected chi connectivity index (χ4v) is 3.09. The number of hydrogen-bond acceptors (Lipinski definition) is 5. The summed E-state index contributed by atoms with van der Waals surface area (Å²) >= 11 is 0. The topological polar surface area (TPSA) is 93.5 Å². The lowest BCUT2D eigenvalue weighted by Crippen LogP contribution is -2.43. The number of carbonyl (C=O) groups is 3. The molecule has 1 unspecified atom stereocenters. The van der Waals surface area contributed by atoms with Gasteiger partial charge in [0.25, 0.3) is 5.91 Å². The number of methoxy groups -OCH3 is 1. The number of benzene rings is 1. The van der Waals surface area contributed by atoms with Gasteiger partial charge in [-0.1, -0.05) is 6.58 Å². The van der Waals surface area contributed by atoms with E-state index in [0.717, 1.165) is 5.69 Å². The second kappa shape index (κ2) is 7.45. The number of nitrogens with one attached hydrogen (secondary N) is 1. The number of esters is 1. The smallest absolute Gasteiger partial charge is 0.310 e. The van der Waals surface area contributed by atoms with E-state index in [2.05, 4.69) is 17.0 Å². The van der Waals surface area contributed by atoms with Gasteiger partial charge in [0, 0.05) is 31.3 Å². The summed E-state index contributed by atoms with van der Waals surface area (Å²) in [5, 5.41) is 6.84. The number of aromatic nitrogens is 2. The minimum atomic E-state index is -0.451. The zero-order chi connectivity index (χ0) is 19.6. The van der Waals surface area contributed by atoms with Crippen LogP contribution in [0.5, 0.6) is 0 Å². The number of anilines is 2. The molecule has 0 spiro atoms. The molecular weight excluding hydrogens is 348 g/mol. The molecule has 0 radical (unpaired) electrons. The highest BCUT2D eigenvalue weighted by Gasteiger charge is 2.35. The van der Waals surface area contributed by atoms with Gasteiger partial charge in [-0.3, -0.25) is 19.1 Å². The summed E-state index contributed by atoms with van der Waals surface area (Å²) < 4.78 is 6.53. The van der Waals surface area contributed by atoms with Crippen molar-refractivity contribution in [1.82, 2.24) is 9.78 Å². The summed E-state index contributed by atoms with van der Waals surface area (Å²) in [5.74, 6) is -1.39. The fourth-order valence-electron chi connectivity index (χ4n) is 3.09. The average Bonchev–Trinajstić information content (AvgIpc) is 3.07. The Hall–Kier alpha value is -3.42. The number of fused-ring (bicyclic) bond motifs is 1. The van der Waals surface area contributed by atoms with Crippen LogP contribution in [-0.2, 0) is 27.8 Å². The van der Waals surface area contributed by atoms with Crippen LogP contribution in [0.4, 0.5) is 11.4 Å². The van der Waals surface area contributed by atoms with Crippen molar-refractivity contribution in [2.24, 2.45) is 13.0 Å². The van der Waals surface area contributed by atoms with E-state index in [0.29, 0.717) is 23.4 Å². The SMILES string of the molecule is C=CC(=O)Nc1ccc(C(=O)N2CC(C(=O)OC)Cc3c2cnn3C)cc1. The largest absolute Gasteiger partial charge is 0.469 e. The summed E-state index contributed by atoms with van der Waals surface area (Å²) in [5.41, 5.74) is 2.49. The second-order valence-electron chi connectivity index (χ2n) is 6.21. The van der Waals surface area contributed by atoms with E-state index in [9.17, 15) is 14.4 Å². The van der Waals surface area contributed by atoms with E-state index in [4.69, 9.17) is 4.74 Å². The Labute approximate surface area is 156 Å². The van der Waals surface area contributed by atoms with Gasteiger partial charge < -0.3 is 15.0 Å². The average molecular weight is 368 g/mol. The molecule has 1 aliphatic rings. The maximum Gasteiger partial charge on any atom is 0.310 e. The molecule has 1 aromatic heterocycles. The maximum atomic E-state index is 13.1. The molecular formula is C19H20N4O4. The molecule has 0 saturated heterocycles. The van der Waals surface area contributed by atoms with Crippen molar-refractivity contribution in [2.45, 2.75) is 6.42 Å². The van der Waals surface area contributed by atoms with E-state index in [1.54, 1.807) is 47.1 Å². The Balaban J connectivity index is 1.87. The molecule has 2 aromatic rings. The normalized spacial score (nSPS) is 15.6. The van der Waals surface area contributed by atoms with Crippen molar-refractivity contribution in [3.8, 4) is 0 Å². The van der Waals surface area contributed by atoms with Crippen LogP contribution in [0.1, 0.15) is 16.1 Å². The molecule has 0 bridgehead atoms. The summed E-state index contributed by atoms with van der Waals surface area (Å²) in [6.07, 6.45) is 3.26. The molecule has 1 aromatic carbocycles. The van der Waals surface area contributed by atoms with Crippen LogP contribution in [0.2, 0.25) is 0 Å². The molecule has 2 heterocycles. The lowest BCUT2D eigenvalue weighted by atomic mass is 9.96. The van der Waals surface area contributed by atoms with E-state index >= 15 is 0 Å². The van der Waals surface area contributed by atoms with Gasteiger partial charge in [-0.25, -0.2) is 0 Å². The van der Waals surface area contributed by atoms with E-state index in [-0.39, 0.29) is 24.3 Å². The third-order valence-electron chi connectivity index (χ3n) is 4.54. The van der Waals surface area contributed by atoms with Crippen molar-refractivity contribution in [3.05, 3.63) is 54.4 Å². The minimum absolute atomic E-state index is 0.221. The number of aryl methyl sites for hydroxylation is 1. The number of nitrogens with zero attached hydrogens (tertiary/aromatic N) is 3. The number of carbonyl (C=O) groups excluding carboxylic acids is 3. The number of amides is 2. The molecule has 0 fully saturated rings. The molecule has 2 amide bonds. The van der Waals surface area contributed by atoms with Gasteiger partial charge in [-0.15, -0.1) is 0 Å². The first kappa shape index (κ1) is 18.4. The van der Waals surface area contributed by atoms with Crippen molar-refractivity contribution in [2.75, 3.05) is 23.9 Å². The molecule has 1 aliphatic heterocycles. The van der Waals surface area contributed by atoms with Gasteiger partial charge >= 0.3 is 5.97 Å².